The summed E-state index contributed by atoms with van der Waals surface area (Å²) in [6, 6.07) is 17.2. The summed E-state index contributed by atoms with van der Waals surface area (Å²) in [5, 5.41) is 1.25. The molecular formula is C25H21ClFN3O3S. The maximum Gasteiger partial charge on any atom is 0.264 e. The van der Waals surface area contributed by atoms with Crippen molar-refractivity contribution >= 4 is 44.1 Å². The predicted molar refractivity (Wildman–Crippen MR) is 130 cm³/mol. The van der Waals surface area contributed by atoms with E-state index in [-0.39, 0.29) is 21.4 Å². The number of nitrogens with zero attached hydrogens (tertiary/aromatic N) is 2. The molecule has 3 aromatic carbocycles. The molecule has 1 aliphatic rings. The highest BCUT2D eigenvalue weighted by molar-refractivity contribution is 7.92. The lowest BCUT2D eigenvalue weighted by molar-refractivity contribution is 0.0735. The number of carbonyl (C=O) groups is 1. The molecule has 9 heteroatoms. The Labute approximate surface area is 201 Å². The molecule has 5 rings (SSSR count). The summed E-state index contributed by atoms with van der Waals surface area (Å²) in [4.78, 5) is 18.5. The van der Waals surface area contributed by atoms with Crippen LogP contribution in [-0.2, 0) is 23.0 Å². The second kappa shape index (κ2) is 8.45. The molecule has 2 heterocycles. The number of aromatic amines is 1. The van der Waals surface area contributed by atoms with E-state index in [4.69, 9.17) is 11.6 Å². The maximum absolute atomic E-state index is 13.4. The van der Waals surface area contributed by atoms with Crippen LogP contribution in [0.3, 0.4) is 0 Å². The number of benzene rings is 3. The van der Waals surface area contributed by atoms with Gasteiger partial charge in [-0.2, -0.15) is 0 Å². The number of amides is 1. The van der Waals surface area contributed by atoms with Gasteiger partial charge in [-0.25, -0.2) is 12.8 Å². The van der Waals surface area contributed by atoms with Gasteiger partial charge in [0.25, 0.3) is 15.9 Å². The molecule has 0 radical (unpaired) electrons. The van der Waals surface area contributed by atoms with E-state index in [0.717, 1.165) is 26.5 Å². The molecule has 1 aromatic heterocycles. The molecule has 0 aliphatic carbocycles. The Morgan fingerprint density at radius 2 is 1.82 bits per heavy atom. The number of sulfonamides is 1. The second-order valence-electron chi connectivity index (χ2n) is 8.20. The monoisotopic (exact) mass is 497 g/mol. The van der Waals surface area contributed by atoms with E-state index < -0.39 is 15.8 Å². The zero-order valence-corrected chi connectivity index (χ0v) is 19.8. The third-order valence-electron chi connectivity index (χ3n) is 6.19. The minimum atomic E-state index is -4.00. The van der Waals surface area contributed by atoms with E-state index in [1.165, 1.54) is 49.5 Å². The molecule has 0 saturated carbocycles. The number of rotatable bonds is 4. The van der Waals surface area contributed by atoms with Gasteiger partial charge in [0.2, 0.25) is 0 Å². The number of aromatic nitrogens is 1. The largest absolute Gasteiger partial charge is 0.358 e. The van der Waals surface area contributed by atoms with E-state index in [1.807, 2.05) is 24.3 Å². The number of hydrogen-bond donors (Lipinski definition) is 1. The first-order valence-corrected chi connectivity index (χ1v) is 12.5. The number of para-hydroxylation sites is 1. The van der Waals surface area contributed by atoms with Crippen molar-refractivity contribution in [1.29, 1.82) is 0 Å². The highest BCUT2D eigenvalue weighted by atomic mass is 35.5. The Bertz CT molecular complexity index is 1520. The number of H-pyrrole nitrogens is 1. The Hall–Kier alpha value is -3.36. The number of halogens is 2. The minimum Gasteiger partial charge on any atom is -0.358 e. The molecule has 1 amide bonds. The summed E-state index contributed by atoms with van der Waals surface area (Å²) in [6.45, 7) is 0.891. The van der Waals surface area contributed by atoms with E-state index in [0.29, 0.717) is 25.2 Å². The van der Waals surface area contributed by atoms with E-state index in [2.05, 4.69) is 4.98 Å². The van der Waals surface area contributed by atoms with Crippen LogP contribution in [0.4, 0.5) is 10.1 Å². The van der Waals surface area contributed by atoms with Gasteiger partial charge in [0.05, 0.1) is 21.2 Å². The summed E-state index contributed by atoms with van der Waals surface area (Å²) >= 11 is 6.34. The summed E-state index contributed by atoms with van der Waals surface area (Å²) in [5.41, 5.74) is 3.61. The van der Waals surface area contributed by atoms with Crippen molar-refractivity contribution in [2.24, 2.45) is 0 Å². The smallest absolute Gasteiger partial charge is 0.264 e. The van der Waals surface area contributed by atoms with Gasteiger partial charge >= 0.3 is 0 Å². The Balaban J connectivity index is 1.46. The van der Waals surface area contributed by atoms with E-state index in [9.17, 15) is 17.6 Å². The quantitative estimate of drug-likeness (QED) is 0.432. The van der Waals surface area contributed by atoms with Crippen LogP contribution in [0.5, 0.6) is 0 Å². The van der Waals surface area contributed by atoms with Crippen LogP contribution in [0.15, 0.2) is 71.6 Å². The fourth-order valence-corrected chi connectivity index (χ4v) is 5.71. The van der Waals surface area contributed by atoms with Crippen LogP contribution in [0.1, 0.15) is 21.6 Å². The number of carbonyl (C=O) groups excluding carboxylic acids is 1. The summed E-state index contributed by atoms with van der Waals surface area (Å²) in [7, 11) is -2.62. The highest BCUT2D eigenvalue weighted by Gasteiger charge is 2.28. The molecule has 0 unspecified atom stereocenters. The zero-order valence-electron chi connectivity index (χ0n) is 18.3. The predicted octanol–water partition coefficient (Wildman–Crippen LogP) is 4.98. The molecule has 0 fully saturated rings. The van der Waals surface area contributed by atoms with Crippen LogP contribution in [0.25, 0.3) is 10.9 Å². The van der Waals surface area contributed by atoms with Gasteiger partial charge in [-0.05, 0) is 48.5 Å². The first kappa shape index (κ1) is 22.4. The Morgan fingerprint density at radius 3 is 2.59 bits per heavy atom. The average molecular weight is 498 g/mol. The fraction of sp³-hybridized carbons (Fsp3) is 0.160. The average Bonchev–Trinajstić information content (AvgIpc) is 3.21. The van der Waals surface area contributed by atoms with Gasteiger partial charge in [0, 0.05) is 48.7 Å². The molecule has 1 aliphatic heterocycles. The third-order valence-corrected chi connectivity index (χ3v) is 8.30. The molecular weight excluding hydrogens is 477 g/mol. The van der Waals surface area contributed by atoms with Crippen molar-refractivity contribution in [2.45, 2.75) is 17.9 Å². The van der Waals surface area contributed by atoms with Gasteiger partial charge in [0.1, 0.15) is 5.82 Å². The Kier molecular flexibility index (Phi) is 5.58. The van der Waals surface area contributed by atoms with Crippen molar-refractivity contribution < 1.29 is 17.6 Å². The normalized spacial score (nSPS) is 13.7. The molecule has 6 nitrogen and oxygen atoms in total. The number of nitrogens with one attached hydrogen (secondary N) is 1. The number of anilines is 1. The SMILES string of the molecule is CN(c1ccc(F)cc1)S(=O)(=O)c1ccc(Cl)c(C(=O)N2CCc3[nH]c4ccccc4c3C2)c1. The van der Waals surface area contributed by atoms with Crippen LogP contribution >= 0.6 is 11.6 Å². The minimum absolute atomic E-state index is 0.0723. The highest BCUT2D eigenvalue weighted by Crippen LogP contribution is 2.31. The summed E-state index contributed by atoms with van der Waals surface area (Å²) < 4.78 is 40.7. The van der Waals surface area contributed by atoms with Crippen molar-refractivity contribution in [3.05, 3.63) is 94.4 Å². The van der Waals surface area contributed by atoms with Gasteiger partial charge in [-0.1, -0.05) is 29.8 Å². The standard InChI is InChI=1S/C25H21ClFN3O3S/c1-29(17-8-6-16(27)7-9-17)34(32,33)18-10-11-22(26)20(14-18)25(31)30-13-12-24-21(15-30)19-4-2-3-5-23(19)28-24/h2-11,14,28H,12-13,15H2,1H3. The van der Waals surface area contributed by atoms with Crippen molar-refractivity contribution in [1.82, 2.24) is 9.88 Å². The maximum atomic E-state index is 13.4. The topological polar surface area (TPSA) is 73.5 Å². The second-order valence-corrected chi connectivity index (χ2v) is 10.6. The summed E-state index contributed by atoms with van der Waals surface area (Å²) in [6.07, 6.45) is 0.665. The fourth-order valence-electron chi connectivity index (χ4n) is 4.29. The zero-order chi connectivity index (χ0) is 24.0. The van der Waals surface area contributed by atoms with Crippen molar-refractivity contribution in [3.63, 3.8) is 0 Å². The van der Waals surface area contributed by atoms with Crippen LogP contribution in [0, 0.1) is 5.82 Å². The molecule has 0 spiro atoms. The first-order chi connectivity index (χ1) is 16.3. The van der Waals surface area contributed by atoms with Gasteiger partial charge in [-0.3, -0.25) is 9.10 Å². The van der Waals surface area contributed by atoms with Crippen LogP contribution in [0.2, 0.25) is 5.02 Å². The third kappa shape index (κ3) is 3.82. The number of hydrogen-bond acceptors (Lipinski definition) is 3. The van der Waals surface area contributed by atoms with E-state index >= 15 is 0 Å². The lowest BCUT2D eigenvalue weighted by atomic mass is 10.0. The van der Waals surface area contributed by atoms with Gasteiger partial charge < -0.3 is 9.88 Å². The van der Waals surface area contributed by atoms with Gasteiger partial charge in [-0.15, -0.1) is 0 Å². The lowest BCUT2D eigenvalue weighted by Crippen LogP contribution is -2.36. The molecule has 4 aromatic rings. The molecule has 1 N–H and O–H groups in total. The number of fused-ring (bicyclic) bond motifs is 3. The first-order valence-electron chi connectivity index (χ1n) is 10.7. The molecule has 0 bridgehead atoms. The Morgan fingerprint density at radius 1 is 1.09 bits per heavy atom. The van der Waals surface area contributed by atoms with Crippen LogP contribution in [-0.4, -0.2) is 37.8 Å². The summed E-state index contributed by atoms with van der Waals surface area (Å²) in [5.74, 6) is -0.795. The molecule has 34 heavy (non-hydrogen) atoms. The molecule has 0 atom stereocenters. The lowest BCUT2D eigenvalue weighted by Gasteiger charge is -2.28. The van der Waals surface area contributed by atoms with Crippen LogP contribution < -0.4 is 4.31 Å². The van der Waals surface area contributed by atoms with Crippen molar-refractivity contribution in [3.8, 4) is 0 Å². The van der Waals surface area contributed by atoms with Gasteiger partial charge in [0.15, 0.2) is 0 Å². The molecule has 174 valence electrons. The molecule has 0 saturated heterocycles. The van der Waals surface area contributed by atoms with Crippen molar-refractivity contribution in [2.75, 3.05) is 17.9 Å². The van der Waals surface area contributed by atoms with E-state index in [1.54, 1.807) is 4.90 Å².